The molecule has 2 heterocycles. The average molecular weight is 502 g/mol. The molecule has 0 fully saturated rings. The lowest BCUT2D eigenvalue weighted by Gasteiger charge is -2.28. The number of allylic oxidation sites excluding steroid dienone is 1. The number of hydrogen-bond acceptors (Lipinski definition) is 5. The number of aryl methyl sites for hydroxylation is 1. The van der Waals surface area contributed by atoms with Gasteiger partial charge in [0, 0.05) is 22.2 Å². The average Bonchev–Trinajstić information content (AvgIpc) is 3.27. The smallest absolute Gasteiger partial charge is 0.255 e. The van der Waals surface area contributed by atoms with Crippen LogP contribution in [0, 0.1) is 6.92 Å². The number of thioether (sulfide) groups is 1. The van der Waals surface area contributed by atoms with Gasteiger partial charge in [-0.1, -0.05) is 84.0 Å². The molecule has 0 saturated carbocycles. The fourth-order valence-corrected chi connectivity index (χ4v) is 4.97. The summed E-state index contributed by atoms with van der Waals surface area (Å²) in [6, 6.07) is 25.0. The van der Waals surface area contributed by atoms with Crippen LogP contribution in [0.1, 0.15) is 29.7 Å². The molecule has 0 aliphatic carbocycles. The second-order valence-electron chi connectivity index (χ2n) is 8.32. The number of anilines is 2. The number of aromatic nitrogens is 3. The summed E-state index contributed by atoms with van der Waals surface area (Å²) in [6.07, 6.45) is 0. The molecule has 1 amide bonds. The van der Waals surface area contributed by atoms with Crippen molar-refractivity contribution < 1.29 is 4.79 Å². The van der Waals surface area contributed by atoms with Crippen LogP contribution in [0.15, 0.2) is 95.3 Å². The lowest BCUT2D eigenvalue weighted by atomic mass is 9.95. The number of nitrogens with zero attached hydrogens (tertiary/aromatic N) is 3. The molecule has 1 aliphatic rings. The number of para-hydroxylation sites is 1. The molecule has 0 bridgehead atoms. The third kappa shape index (κ3) is 4.97. The van der Waals surface area contributed by atoms with Crippen LogP contribution < -0.4 is 10.6 Å². The minimum atomic E-state index is -0.408. The van der Waals surface area contributed by atoms with Gasteiger partial charge >= 0.3 is 0 Å². The molecule has 176 valence electrons. The van der Waals surface area contributed by atoms with E-state index in [1.54, 1.807) is 16.4 Å². The zero-order valence-corrected chi connectivity index (χ0v) is 20.9. The molecule has 1 aliphatic heterocycles. The first-order valence-corrected chi connectivity index (χ1v) is 12.6. The van der Waals surface area contributed by atoms with E-state index in [0.29, 0.717) is 27.5 Å². The van der Waals surface area contributed by atoms with E-state index >= 15 is 0 Å². The van der Waals surface area contributed by atoms with Crippen LogP contribution in [0.2, 0.25) is 5.02 Å². The van der Waals surface area contributed by atoms with E-state index < -0.39 is 6.04 Å². The molecule has 2 N–H and O–H groups in total. The number of amides is 1. The standard InChI is InChI=1S/C27H24ClN5OS/c1-17-8-6-7-11-22(17)30-25(34)23-18(2)29-26-31-27(35-16-19-12-14-21(28)15-13-19)32-33(26)24(23)20-9-4-3-5-10-20/h3-15,24H,16H2,1-2H3,(H,30,34)(H,29,31,32)/t24-/m0/s1. The molecule has 1 aromatic heterocycles. The molecular weight excluding hydrogens is 478 g/mol. The molecule has 3 aromatic carbocycles. The van der Waals surface area contributed by atoms with Gasteiger partial charge in [-0.3, -0.25) is 4.79 Å². The summed E-state index contributed by atoms with van der Waals surface area (Å²) >= 11 is 7.54. The largest absolute Gasteiger partial charge is 0.328 e. The number of benzene rings is 3. The number of carbonyl (C=O) groups excluding carboxylic acids is 1. The minimum Gasteiger partial charge on any atom is -0.328 e. The van der Waals surface area contributed by atoms with Gasteiger partial charge in [-0.25, -0.2) is 4.68 Å². The molecule has 0 spiro atoms. The molecule has 8 heteroatoms. The lowest BCUT2D eigenvalue weighted by Crippen LogP contribution is -2.31. The molecule has 4 aromatic rings. The SMILES string of the molecule is CC1=C(C(=O)Nc2ccccc2C)[C@H](c2ccccc2)n2nc(SCc3ccc(Cl)cc3)nc2N1. The van der Waals surface area contributed by atoms with Crippen molar-refractivity contribution in [1.29, 1.82) is 0 Å². The van der Waals surface area contributed by atoms with Crippen molar-refractivity contribution in [1.82, 2.24) is 14.8 Å². The van der Waals surface area contributed by atoms with E-state index in [4.69, 9.17) is 21.7 Å². The van der Waals surface area contributed by atoms with Crippen molar-refractivity contribution in [3.05, 3.63) is 112 Å². The summed E-state index contributed by atoms with van der Waals surface area (Å²) in [6.45, 7) is 3.88. The third-order valence-corrected chi connectivity index (χ3v) is 7.03. The van der Waals surface area contributed by atoms with Gasteiger partial charge in [-0.15, -0.1) is 5.10 Å². The van der Waals surface area contributed by atoms with Gasteiger partial charge in [0.25, 0.3) is 5.91 Å². The highest BCUT2D eigenvalue weighted by atomic mass is 35.5. The highest BCUT2D eigenvalue weighted by molar-refractivity contribution is 7.98. The Balaban J connectivity index is 1.47. The Kier molecular flexibility index (Phi) is 6.61. The second kappa shape index (κ2) is 9.98. The summed E-state index contributed by atoms with van der Waals surface area (Å²) in [7, 11) is 0. The van der Waals surface area contributed by atoms with Crippen molar-refractivity contribution >= 4 is 40.9 Å². The topological polar surface area (TPSA) is 71.8 Å². The molecule has 5 rings (SSSR count). The Morgan fingerprint density at radius 2 is 1.74 bits per heavy atom. The summed E-state index contributed by atoms with van der Waals surface area (Å²) in [4.78, 5) is 18.3. The Labute approximate surface area is 213 Å². The molecule has 1 atom stereocenters. The fourth-order valence-electron chi connectivity index (χ4n) is 4.06. The zero-order chi connectivity index (χ0) is 24.4. The number of halogens is 1. The predicted octanol–water partition coefficient (Wildman–Crippen LogP) is 6.46. The van der Waals surface area contributed by atoms with Gasteiger partial charge in [0.1, 0.15) is 6.04 Å². The van der Waals surface area contributed by atoms with Gasteiger partial charge in [0.05, 0.1) is 5.57 Å². The number of rotatable bonds is 6. The van der Waals surface area contributed by atoms with Crippen molar-refractivity contribution in [2.45, 2.75) is 30.8 Å². The number of carbonyl (C=O) groups is 1. The third-order valence-electron chi connectivity index (χ3n) is 5.87. The van der Waals surface area contributed by atoms with Gasteiger partial charge in [-0.2, -0.15) is 4.98 Å². The Morgan fingerprint density at radius 3 is 2.49 bits per heavy atom. The van der Waals surface area contributed by atoms with Crippen LogP contribution in [0.3, 0.4) is 0 Å². The molecule has 0 radical (unpaired) electrons. The van der Waals surface area contributed by atoms with Crippen LogP contribution in [-0.2, 0) is 10.5 Å². The molecule has 6 nitrogen and oxygen atoms in total. The van der Waals surface area contributed by atoms with Gasteiger partial charge < -0.3 is 10.6 Å². The lowest BCUT2D eigenvalue weighted by molar-refractivity contribution is -0.113. The van der Waals surface area contributed by atoms with Gasteiger partial charge in [0.2, 0.25) is 11.1 Å². The van der Waals surface area contributed by atoms with Crippen molar-refractivity contribution in [3.8, 4) is 0 Å². The maximum absolute atomic E-state index is 13.6. The van der Waals surface area contributed by atoms with E-state index in [9.17, 15) is 4.79 Å². The summed E-state index contributed by atoms with van der Waals surface area (Å²) in [5.41, 5.74) is 5.23. The first-order valence-electron chi connectivity index (χ1n) is 11.2. The monoisotopic (exact) mass is 501 g/mol. The van der Waals surface area contributed by atoms with Crippen LogP contribution in [0.25, 0.3) is 0 Å². The van der Waals surface area contributed by atoms with Crippen LogP contribution >= 0.6 is 23.4 Å². The normalized spacial score (nSPS) is 14.9. The maximum Gasteiger partial charge on any atom is 0.255 e. The first kappa shape index (κ1) is 23.2. The molecule has 0 unspecified atom stereocenters. The Hall–Kier alpha value is -3.55. The molecule has 35 heavy (non-hydrogen) atoms. The molecular formula is C27H24ClN5OS. The second-order valence-corrected chi connectivity index (χ2v) is 9.70. The van der Waals surface area contributed by atoms with Crippen molar-refractivity contribution in [2.75, 3.05) is 10.6 Å². The van der Waals surface area contributed by atoms with Crippen LogP contribution in [0.5, 0.6) is 0 Å². The zero-order valence-electron chi connectivity index (χ0n) is 19.3. The van der Waals surface area contributed by atoms with Crippen LogP contribution in [-0.4, -0.2) is 20.7 Å². The van der Waals surface area contributed by atoms with E-state index in [1.807, 2.05) is 92.7 Å². The molecule has 0 saturated heterocycles. The summed E-state index contributed by atoms with van der Waals surface area (Å²) in [5.74, 6) is 1.15. The van der Waals surface area contributed by atoms with E-state index in [-0.39, 0.29) is 5.91 Å². The van der Waals surface area contributed by atoms with Crippen molar-refractivity contribution in [3.63, 3.8) is 0 Å². The number of nitrogens with one attached hydrogen (secondary N) is 2. The highest BCUT2D eigenvalue weighted by Gasteiger charge is 2.34. The maximum atomic E-state index is 13.6. The van der Waals surface area contributed by atoms with E-state index in [1.165, 1.54) is 0 Å². The quantitative estimate of drug-likeness (QED) is 0.297. The number of fused-ring (bicyclic) bond motifs is 1. The predicted molar refractivity (Wildman–Crippen MR) is 142 cm³/mol. The van der Waals surface area contributed by atoms with Gasteiger partial charge in [-0.05, 0) is 48.7 Å². The summed E-state index contributed by atoms with van der Waals surface area (Å²) < 4.78 is 1.80. The number of hydrogen-bond donors (Lipinski definition) is 2. The van der Waals surface area contributed by atoms with E-state index in [0.717, 1.165) is 28.1 Å². The minimum absolute atomic E-state index is 0.172. The Bertz CT molecular complexity index is 1400. The van der Waals surface area contributed by atoms with E-state index in [2.05, 4.69) is 10.6 Å². The van der Waals surface area contributed by atoms with Crippen molar-refractivity contribution in [2.24, 2.45) is 0 Å². The summed E-state index contributed by atoms with van der Waals surface area (Å²) in [5, 5.41) is 12.5. The van der Waals surface area contributed by atoms with Crippen LogP contribution in [0.4, 0.5) is 11.6 Å². The van der Waals surface area contributed by atoms with Gasteiger partial charge in [0.15, 0.2) is 0 Å². The highest BCUT2D eigenvalue weighted by Crippen LogP contribution is 2.37. The first-order chi connectivity index (χ1) is 17.0. The fraction of sp³-hybridized carbons (Fsp3) is 0.148. The Morgan fingerprint density at radius 1 is 1.03 bits per heavy atom.